The van der Waals surface area contributed by atoms with Crippen molar-refractivity contribution in [3.8, 4) is 11.1 Å². The van der Waals surface area contributed by atoms with E-state index in [-0.39, 0.29) is 0 Å². The maximum Gasteiger partial charge on any atom is 0.175 e. The lowest BCUT2D eigenvalue weighted by atomic mass is 9.92. The van der Waals surface area contributed by atoms with Gasteiger partial charge in [-0.1, -0.05) is 61.2 Å². The van der Waals surface area contributed by atoms with Gasteiger partial charge in [-0.05, 0) is 18.4 Å². The second-order valence-electron chi connectivity index (χ2n) is 5.36. The third-order valence-corrected chi connectivity index (χ3v) is 4.03. The molecule has 0 spiro atoms. The van der Waals surface area contributed by atoms with Crippen LogP contribution in [0, 0.1) is 0 Å². The van der Waals surface area contributed by atoms with Gasteiger partial charge < -0.3 is 10.3 Å². The first kappa shape index (κ1) is 12.3. The number of aromatic nitrogens is 1. The Balaban J connectivity index is 1.98. The molecule has 0 radical (unpaired) electrons. The monoisotopic (exact) mass is 256 g/mol. The van der Waals surface area contributed by atoms with Crippen LogP contribution in [0.1, 0.15) is 50.2 Å². The van der Waals surface area contributed by atoms with E-state index in [2.05, 4.69) is 17.3 Å². The molecule has 1 fully saturated rings. The number of nitrogens with zero attached hydrogens (tertiary/aromatic N) is 1. The van der Waals surface area contributed by atoms with Gasteiger partial charge in [-0.25, -0.2) is 0 Å². The predicted molar refractivity (Wildman–Crippen MR) is 76.8 cm³/mol. The minimum Gasteiger partial charge on any atom is -0.380 e. The van der Waals surface area contributed by atoms with Crippen molar-refractivity contribution in [3.05, 3.63) is 36.1 Å². The third kappa shape index (κ3) is 2.50. The van der Waals surface area contributed by atoms with Gasteiger partial charge in [0, 0.05) is 5.92 Å². The van der Waals surface area contributed by atoms with Crippen molar-refractivity contribution < 1.29 is 4.52 Å². The van der Waals surface area contributed by atoms with Gasteiger partial charge in [0.25, 0.3) is 0 Å². The predicted octanol–water partition coefficient (Wildman–Crippen LogP) is 4.36. The number of benzene rings is 1. The summed E-state index contributed by atoms with van der Waals surface area (Å²) in [5, 5.41) is 4.00. The van der Waals surface area contributed by atoms with Crippen LogP contribution in [0.15, 0.2) is 34.9 Å². The van der Waals surface area contributed by atoms with Crippen molar-refractivity contribution in [1.82, 2.24) is 5.16 Å². The first-order valence-electron chi connectivity index (χ1n) is 7.16. The molecular formula is C16H20N2O. The van der Waals surface area contributed by atoms with Crippen LogP contribution in [0.3, 0.4) is 0 Å². The largest absolute Gasteiger partial charge is 0.380 e. The normalized spacial score (nSPS) is 17.3. The Labute approximate surface area is 113 Å². The summed E-state index contributed by atoms with van der Waals surface area (Å²) in [6, 6.07) is 10.2. The maximum absolute atomic E-state index is 6.01. The van der Waals surface area contributed by atoms with Gasteiger partial charge in [0.1, 0.15) is 5.76 Å². The summed E-state index contributed by atoms with van der Waals surface area (Å²) in [6.45, 7) is 0. The maximum atomic E-state index is 6.01. The smallest absolute Gasteiger partial charge is 0.175 e. The molecule has 2 N–H and O–H groups in total. The van der Waals surface area contributed by atoms with Crippen molar-refractivity contribution in [3.63, 3.8) is 0 Å². The molecule has 1 aliphatic rings. The van der Waals surface area contributed by atoms with E-state index in [1.165, 1.54) is 38.5 Å². The molecule has 3 heteroatoms. The van der Waals surface area contributed by atoms with Crippen LogP contribution in [0.2, 0.25) is 0 Å². The van der Waals surface area contributed by atoms with Crippen LogP contribution in [-0.4, -0.2) is 5.16 Å². The van der Waals surface area contributed by atoms with Crippen molar-refractivity contribution >= 4 is 5.82 Å². The second-order valence-corrected chi connectivity index (χ2v) is 5.36. The average Bonchev–Trinajstić information content (AvgIpc) is 2.67. The summed E-state index contributed by atoms with van der Waals surface area (Å²) < 4.78 is 5.57. The van der Waals surface area contributed by atoms with Gasteiger partial charge in [-0.2, -0.15) is 0 Å². The van der Waals surface area contributed by atoms with Crippen molar-refractivity contribution in [2.75, 3.05) is 5.73 Å². The van der Waals surface area contributed by atoms with Gasteiger partial charge in [-0.3, -0.25) is 0 Å². The average molecular weight is 256 g/mol. The molecule has 19 heavy (non-hydrogen) atoms. The highest BCUT2D eigenvalue weighted by molar-refractivity contribution is 5.75. The van der Waals surface area contributed by atoms with Crippen molar-refractivity contribution in [2.45, 2.75) is 44.4 Å². The number of hydrogen-bond donors (Lipinski definition) is 1. The Bertz CT molecular complexity index is 525. The lowest BCUT2D eigenvalue weighted by Gasteiger charge is -2.12. The van der Waals surface area contributed by atoms with Crippen LogP contribution in [0.25, 0.3) is 11.1 Å². The number of anilines is 1. The SMILES string of the molecule is Nc1noc(C2CCCCCC2)c1-c1ccccc1. The summed E-state index contributed by atoms with van der Waals surface area (Å²) in [5.74, 6) is 1.98. The Morgan fingerprint density at radius 1 is 1.00 bits per heavy atom. The fourth-order valence-electron chi connectivity index (χ4n) is 3.03. The molecule has 0 atom stereocenters. The van der Waals surface area contributed by atoms with Crippen LogP contribution in [-0.2, 0) is 0 Å². The fraction of sp³-hybridized carbons (Fsp3) is 0.438. The number of rotatable bonds is 2. The molecule has 100 valence electrons. The van der Waals surface area contributed by atoms with Crippen molar-refractivity contribution in [2.24, 2.45) is 0 Å². The molecule has 1 aromatic carbocycles. The van der Waals surface area contributed by atoms with E-state index >= 15 is 0 Å². The van der Waals surface area contributed by atoms with Crippen molar-refractivity contribution in [1.29, 1.82) is 0 Å². The molecule has 0 saturated heterocycles. The summed E-state index contributed by atoms with van der Waals surface area (Å²) >= 11 is 0. The summed E-state index contributed by atoms with van der Waals surface area (Å²) in [4.78, 5) is 0. The van der Waals surface area contributed by atoms with E-state index in [4.69, 9.17) is 10.3 Å². The molecule has 3 nitrogen and oxygen atoms in total. The molecule has 1 aromatic heterocycles. The van der Waals surface area contributed by atoms with Gasteiger partial charge in [-0.15, -0.1) is 0 Å². The Morgan fingerprint density at radius 3 is 2.37 bits per heavy atom. The van der Waals surface area contributed by atoms with E-state index < -0.39 is 0 Å². The Hall–Kier alpha value is -1.77. The Morgan fingerprint density at radius 2 is 1.68 bits per heavy atom. The fourth-order valence-corrected chi connectivity index (χ4v) is 3.03. The number of hydrogen-bond acceptors (Lipinski definition) is 3. The van der Waals surface area contributed by atoms with Gasteiger partial charge in [0.15, 0.2) is 5.82 Å². The highest BCUT2D eigenvalue weighted by Crippen LogP contribution is 2.39. The van der Waals surface area contributed by atoms with Gasteiger partial charge in [0.05, 0.1) is 5.56 Å². The molecule has 0 bridgehead atoms. The minimum absolute atomic E-state index is 0.475. The quantitative estimate of drug-likeness (QED) is 0.812. The highest BCUT2D eigenvalue weighted by atomic mass is 16.5. The van der Waals surface area contributed by atoms with E-state index in [9.17, 15) is 0 Å². The van der Waals surface area contributed by atoms with Crippen LogP contribution >= 0.6 is 0 Å². The topological polar surface area (TPSA) is 52.0 Å². The van der Waals surface area contributed by atoms with Crippen LogP contribution < -0.4 is 5.73 Å². The summed E-state index contributed by atoms with van der Waals surface area (Å²) in [7, 11) is 0. The third-order valence-electron chi connectivity index (χ3n) is 4.03. The molecule has 0 aliphatic heterocycles. The van der Waals surface area contributed by atoms with Gasteiger partial charge >= 0.3 is 0 Å². The number of nitrogen functional groups attached to an aromatic ring is 1. The van der Waals surface area contributed by atoms with E-state index in [1.54, 1.807) is 0 Å². The zero-order chi connectivity index (χ0) is 13.1. The first-order valence-corrected chi connectivity index (χ1v) is 7.16. The summed E-state index contributed by atoms with van der Waals surface area (Å²) in [5.41, 5.74) is 8.13. The molecule has 1 aliphatic carbocycles. The molecule has 0 amide bonds. The van der Waals surface area contributed by atoms with E-state index in [0.717, 1.165) is 16.9 Å². The van der Waals surface area contributed by atoms with E-state index in [1.807, 2.05) is 18.2 Å². The standard InChI is InChI=1S/C16H20N2O/c17-16-14(12-8-6-3-7-9-12)15(19-18-16)13-10-4-1-2-5-11-13/h3,6-9,13H,1-2,4-5,10-11H2,(H2,17,18). The number of nitrogens with two attached hydrogens (primary N) is 1. The van der Waals surface area contributed by atoms with Crippen LogP contribution in [0.4, 0.5) is 5.82 Å². The molecule has 1 saturated carbocycles. The van der Waals surface area contributed by atoms with Crippen LogP contribution in [0.5, 0.6) is 0 Å². The zero-order valence-corrected chi connectivity index (χ0v) is 11.1. The minimum atomic E-state index is 0.475. The molecule has 0 unspecified atom stereocenters. The highest BCUT2D eigenvalue weighted by Gasteiger charge is 2.24. The lowest BCUT2D eigenvalue weighted by Crippen LogP contribution is -1.98. The summed E-state index contributed by atoms with van der Waals surface area (Å²) in [6.07, 6.45) is 7.60. The first-order chi connectivity index (χ1) is 9.36. The molecule has 2 aromatic rings. The van der Waals surface area contributed by atoms with E-state index in [0.29, 0.717) is 11.7 Å². The molecule has 1 heterocycles. The van der Waals surface area contributed by atoms with Gasteiger partial charge in [0.2, 0.25) is 0 Å². The molecular weight excluding hydrogens is 236 g/mol. The zero-order valence-electron chi connectivity index (χ0n) is 11.1. The molecule has 3 rings (SSSR count). The lowest BCUT2D eigenvalue weighted by molar-refractivity contribution is 0.350. The second kappa shape index (κ2) is 5.47. The Kier molecular flexibility index (Phi) is 3.53.